The molecule has 0 amide bonds. The molecule has 0 aromatic carbocycles. The molecule has 1 heterocycles. The Kier molecular flexibility index (Phi) is 1.73. The highest BCUT2D eigenvalue weighted by molar-refractivity contribution is 8.05. The van der Waals surface area contributed by atoms with Crippen molar-refractivity contribution in [2.24, 2.45) is 0 Å². The van der Waals surface area contributed by atoms with Crippen LogP contribution >= 0.6 is 0 Å². The van der Waals surface area contributed by atoms with Crippen LogP contribution in [0.1, 0.15) is 6.42 Å². The molecule has 5 nitrogen and oxygen atoms in total. The average Bonchev–Trinajstić information content (AvgIpc) is 1.56. The molecule has 0 atom stereocenters. The molecule has 10 heavy (non-hydrogen) atoms. The summed E-state index contributed by atoms with van der Waals surface area (Å²) in [4.78, 5) is 0. The number of sulfonamides is 2. The van der Waals surface area contributed by atoms with E-state index in [0.717, 1.165) is 0 Å². The maximum atomic E-state index is 10.6. The summed E-state index contributed by atoms with van der Waals surface area (Å²) in [6.45, 7) is 0. The van der Waals surface area contributed by atoms with E-state index in [9.17, 15) is 16.8 Å². The van der Waals surface area contributed by atoms with Crippen LogP contribution in [0, 0.1) is 0 Å². The normalized spacial score (nSPS) is 29.6. The lowest BCUT2D eigenvalue weighted by Gasteiger charge is -2.11. The summed E-state index contributed by atoms with van der Waals surface area (Å²) in [5.41, 5.74) is 0. The van der Waals surface area contributed by atoms with Gasteiger partial charge >= 0.3 is 0 Å². The summed E-state index contributed by atoms with van der Waals surface area (Å²) < 4.78 is 43.9. The minimum Gasteiger partial charge on any atom is -0.211 e. The van der Waals surface area contributed by atoms with Gasteiger partial charge in [-0.3, -0.25) is 0 Å². The Morgan fingerprint density at radius 3 is 1.50 bits per heavy atom. The molecule has 1 aliphatic heterocycles. The molecule has 0 saturated carbocycles. The van der Waals surface area contributed by atoms with Crippen molar-refractivity contribution in [3.8, 4) is 0 Å². The Hall–Kier alpha value is -0.140. The summed E-state index contributed by atoms with van der Waals surface area (Å²) in [5, 5.41) is 0. The van der Waals surface area contributed by atoms with E-state index in [-0.39, 0.29) is 17.9 Å². The van der Waals surface area contributed by atoms with Crippen molar-refractivity contribution in [2.75, 3.05) is 11.5 Å². The molecular weight excluding hydrogens is 178 g/mol. The van der Waals surface area contributed by atoms with E-state index < -0.39 is 20.0 Å². The van der Waals surface area contributed by atoms with Crippen LogP contribution in [-0.2, 0) is 20.0 Å². The van der Waals surface area contributed by atoms with Crippen molar-refractivity contribution in [3.63, 3.8) is 0 Å². The second kappa shape index (κ2) is 2.18. The first-order chi connectivity index (χ1) is 4.41. The van der Waals surface area contributed by atoms with Gasteiger partial charge in [-0.05, 0) is 6.42 Å². The maximum Gasteiger partial charge on any atom is 0.224 e. The number of nitrogens with one attached hydrogen (secondary N) is 1. The van der Waals surface area contributed by atoms with E-state index in [0.29, 0.717) is 0 Å². The Balaban J connectivity index is 2.97. The van der Waals surface area contributed by atoms with Crippen molar-refractivity contribution in [1.29, 1.82) is 0 Å². The van der Waals surface area contributed by atoms with Crippen molar-refractivity contribution in [2.45, 2.75) is 6.42 Å². The molecule has 0 spiro atoms. The van der Waals surface area contributed by atoms with Crippen LogP contribution in [-0.4, -0.2) is 28.3 Å². The molecule has 1 N–H and O–H groups in total. The quantitative estimate of drug-likeness (QED) is 0.505. The van der Waals surface area contributed by atoms with Gasteiger partial charge in [0.05, 0.1) is 11.5 Å². The largest absolute Gasteiger partial charge is 0.224 e. The third-order valence-electron chi connectivity index (χ3n) is 1.08. The summed E-state index contributed by atoms with van der Waals surface area (Å²) in [6, 6.07) is 0. The molecule has 0 aromatic heterocycles. The van der Waals surface area contributed by atoms with Crippen LogP contribution < -0.4 is 4.13 Å². The van der Waals surface area contributed by atoms with Gasteiger partial charge in [-0.25, -0.2) is 16.8 Å². The summed E-state index contributed by atoms with van der Waals surface area (Å²) >= 11 is 0. The van der Waals surface area contributed by atoms with E-state index in [2.05, 4.69) is 0 Å². The van der Waals surface area contributed by atoms with Crippen LogP contribution in [0.3, 0.4) is 0 Å². The summed E-state index contributed by atoms with van der Waals surface area (Å²) in [5.74, 6) is -0.182. The van der Waals surface area contributed by atoms with Gasteiger partial charge in [-0.15, -0.1) is 4.13 Å². The zero-order chi connectivity index (χ0) is 7.83. The first-order valence-corrected chi connectivity index (χ1v) is 5.96. The third kappa shape index (κ3) is 1.93. The smallest absolute Gasteiger partial charge is 0.211 e. The second-order valence-electron chi connectivity index (χ2n) is 2.07. The van der Waals surface area contributed by atoms with Crippen LogP contribution in [0.4, 0.5) is 0 Å². The average molecular weight is 185 g/mol. The lowest BCUT2D eigenvalue weighted by Crippen LogP contribution is -2.39. The molecule has 60 valence electrons. The fourth-order valence-corrected chi connectivity index (χ4v) is 4.16. The predicted octanol–water partition coefficient (Wildman–Crippen LogP) is -1.36. The van der Waals surface area contributed by atoms with Gasteiger partial charge in [0.2, 0.25) is 20.0 Å². The standard InChI is InChI=1S/C3H7NO4S2/c5-9(6)2-1-3-10(7,8)4-9/h4H,1-3H2. The Bertz CT molecular complexity index is 280. The molecule has 0 aliphatic carbocycles. The fraction of sp³-hybridized carbons (Fsp3) is 1.00. The van der Waals surface area contributed by atoms with Crippen molar-refractivity contribution < 1.29 is 16.8 Å². The highest BCUT2D eigenvalue weighted by Crippen LogP contribution is 2.02. The van der Waals surface area contributed by atoms with Gasteiger partial charge < -0.3 is 0 Å². The van der Waals surface area contributed by atoms with Crippen LogP contribution in [0.15, 0.2) is 0 Å². The lowest BCUT2D eigenvalue weighted by molar-refractivity contribution is 0.568. The lowest BCUT2D eigenvalue weighted by atomic mass is 10.6. The van der Waals surface area contributed by atoms with Crippen molar-refractivity contribution in [1.82, 2.24) is 4.13 Å². The summed E-state index contributed by atoms with van der Waals surface area (Å²) in [6.07, 6.45) is 0.192. The zero-order valence-corrected chi connectivity index (χ0v) is 6.70. The summed E-state index contributed by atoms with van der Waals surface area (Å²) in [7, 11) is -7.06. The van der Waals surface area contributed by atoms with Crippen molar-refractivity contribution in [3.05, 3.63) is 0 Å². The SMILES string of the molecule is O=S1(=O)CCCS(=O)(=O)N1. The Morgan fingerprint density at radius 1 is 0.900 bits per heavy atom. The van der Waals surface area contributed by atoms with Gasteiger partial charge in [0.25, 0.3) is 0 Å². The number of hydrogen-bond donors (Lipinski definition) is 1. The van der Waals surface area contributed by atoms with E-state index in [1.807, 2.05) is 0 Å². The predicted molar refractivity (Wildman–Crippen MR) is 35.3 cm³/mol. The first kappa shape index (κ1) is 7.96. The van der Waals surface area contributed by atoms with Crippen LogP contribution in [0.2, 0.25) is 0 Å². The molecule has 1 saturated heterocycles. The monoisotopic (exact) mass is 185 g/mol. The highest BCUT2D eigenvalue weighted by Gasteiger charge is 2.25. The highest BCUT2D eigenvalue weighted by atomic mass is 32.3. The van der Waals surface area contributed by atoms with E-state index >= 15 is 0 Å². The third-order valence-corrected chi connectivity index (χ3v) is 4.76. The van der Waals surface area contributed by atoms with Gasteiger partial charge in [0.1, 0.15) is 0 Å². The molecule has 1 fully saturated rings. The fourth-order valence-electron chi connectivity index (χ4n) is 0.716. The minimum atomic E-state index is -3.53. The topological polar surface area (TPSA) is 80.3 Å². The zero-order valence-electron chi connectivity index (χ0n) is 5.07. The molecule has 1 rings (SSSR count). The number of hydrogen-bond acceptors (Lipinski definition) is 4. The van der Waals surface area contributed by atoms with Crippen LogP contribution in [0.25, 0.3) is 0 Å². The van der Waals surface area contributed by atoms with E-state index in [4.69, 9.17) is 0 Å². The Morgan fingerprint density at radius 2 is 1.30 bits per heavy atom. The van der Waals surface area contributed by atoms with Crippen molar-refractivity contribution >= 4 is 20.0 Å². The second-order valence-corrected chi connectivity index (χ2v) is 6.02. The molecular formula is C3H7NO4S2. The van der Waals surface area contributed by atoms with E-state index in [1.54, 1.807) is 4.13 Å². The van der Waals surface area contributed by atoms with Gasteiger partial charge in [0.15, 0.2) is 0 Å². The van der Waals surface area contributed by atoms with Crippen LogP contribution in [0.5, 0.6) is 0 Å². The molecule has 0 radical (unpaired) electrons. The van der Waals surface area contributed by atoms with Gasteiger partial charge in [0, 0.05) is 0 Å². The molecule has 1 aliphatic rings. The molecule has 0 unspecified atom stereocenters. The minimum absolute atomic E-state index is 0.0910. The first-order valence-electron chi connectivity index (χ1n) is 2.65. The Labute approximate surface area is 59.5 Å². The van der Waals surface area contributed by atoms with Gasteiger partial charge in [-0.1, -0.05) is 0 Å². The number of rotatable bonds is 0. The molecule has 7 heteroatoms. The molecule has 0 aromatic rings. The van der Waals surface area contributed by atoms with Gasteiger partial charge in [-0.2, -0.15) is 0 Å². The molecule has 0 bridgehead atoms. The maximum absolute atomic E-state index is 10.6. The van der Waals surface area contributed by atoms with E-state index in [1.165, 1.54) is 0 Å².